The first-order chi connectivity index (χ1) is 8.16. The average Bonchev–Trinajstić information content (AvgIpc) is 2.35. The van der Waals surface area contributed by atoms with Gasteiger partial charge in [-0.2, -0.15) is 5.26 Å². The first-order valence-corrected chi connectivity index (χ1v) is 6.42. The highest BCUT2D eigenvalue weighted by Gasteiger charge is 2.38. The molecule has 1 aliphatic rings. The lowest BCUT2D eigenvalue weighted by molar-refractivity contribution is 0.286. The Morgan fingerprint density at radius 1 is 1.29 bits per heavy atom. The number of benzene rings is 1. The molecule has 2 rings (SSSR count). The van der Waals surface area contributed by atoms with Crippen LogP contribution in [0.5, 0.6) is 0 Å². The van der Waals surface area contributed by atoms with E-state index in [9.17, 15) is 5.26 Å². The molecule has 1 aromatic carbocycles. The largest absolute Gasteiger partial charge is 0.367 e. The molecule has 0 aromatic heterocycles. The van der Waals surface area contributed by atoms with Gasteiger partial charge >= 0.3 is 0 Å². The monoisotopic (exact) mass is 228 g/mol. The Labute approximate surface area is 104 Å². The molecule has 2 unspecified atom stereocenters. The van der Waals surface area contributed by atoms with Crippen LogP contribution in [0.3, 0.4) is 0 Å². The zero-order valence-corrected chi connectivity index (χ0v) is 10.7. The normalized spacial score (nSPS) is 28.4. The van der Waals surface area contributed by atoms with E-state index in [4.69, 9.17) is 0 Å². The van der Waals surface area contributed by atoms with Gasteiger partial charge in [0, 0.05) is 5.69 Å². The predicted molar refractivity (Wildman–Crippen MR) is 70.8 cm³/mol. The number of hydrogen-bond donors (Lipinski definition) is 1. The fourth-order valence-electron chi connectivity index (χ4n) is 2.62. The number of nitrogens with zero attached hydrogens (tertiary/aromatic N) is 1. The molecule has 0 amide bonds. The summed E-state index contributed by atoms with van der Waals surface area (Å²) in [6.07, 6.45) is 4.50. The van der Waals surface area contributed by atoms with Crippen molar-refractivity contribution in [3.63, 3.8) is 0 Å². The van der Waals surface area contributed by atoms with Gasteiger partial charge in [-0.05, 0) is 37.8 Å². The molecule has 0 aliphatic heterocycles. The van der Waals surface area contributed by atoms with E-state index in [0.29, 0.717) is 5.92 Å². The molecule has 0 heterocycles. The van der Waals surface area contributed by atoms with Crippen molar-refractivity contribution in [2.45, 2.75) is 45.1 Å². The molecule has 1 saturated carbocycles. The first kappa shape index (κ1) is 12.0. The number of aryl methyl sites for hydroxylation is 1. The topological polar surface area (TPSA) is 35.8 Å². The van der Waals surface area contributed by atoms with Gasteiger partial charge < -0.3 is 5.32 Å². The van der Waals surface area contributed by atoms with Gasteiger partial charge in [0.2, 0.25) is 0 Å². The molecule has 1 aliphatic carbocycles. The van der Waals surface area contributed by atoms with E-state index in [2.05, 4.69) is 49.5 Å². The van der Waals surface area contributed by atoms with Gasteiger partial charge in [-0.15, -0.1) is 0 Å². The summed E-state index contributed by atoms with van der Waals surface area (Å²) in [4.78, 5) is 0. The third-order valence-electron chi connectivity index (χ3n) is 3.92. The molecular formula is C15H20N2. The summed E-state index contributed by atoms with van der Waals surface area (Å²) in [6.45, 7) is 4.26. The zero-order valence-electron chi connectivity index (χ0n) is 10.7. The highest BCUT2D eigenvalue weighted by molar-refractivity contribution is 5.49. The van der Waals surface area contributed by atoms with Crippen molar-refractivity contribution in [1.29, 1.82) is 5.26 Å². The van der Waals surface area contributed by atoms with Crippen LogP contribution in [-0.2, 0) is 0 Å². The van der Waals surface area contributed by atoms with Crippen molar-refractivity contribution in [3.05, 3.63) is 29.8 Å². The Morgan fingerprint density at radius 3 is 2.59 bits per heavy atom. The van der Waals surface area contributed by atoms with Gasteiger partial charge in [-0.1, -0.05) is 37.5 Å². The van der Waals surface area contributed by atoms with Crippen LogP contribution in [0.2, 0.25) is 0 Å². The standard InChI is InChI=1S/C15H20N2/c1-12-6-8-14(9-7-12)17-15(11-16)10-4-3-5-13(15)2/h6-9,13,17H,3-5,10H2,1-2H3. The van der Waals surface area contributed by atoms with Crippen LogP contribution in [0.1, 0.15) is 38.2 Å². The highest BCUT2D eigenvalue weighted by Crippen LogP contribution is 2.35. The third kappa shape index (κ3) is 2.44. The zero-order chi connectivity index (χ0) is 12.3. The summed E-state index contributed by atoms with van der Waals surface area (Å²) in [5.41, 5.74) is 1.94. The Bertz CT molecular complexity index is 416. The molecule has 0 saturated heterocycles. The van der Waals surface area contributed by atoms with Gasteiger partial charge in [-0.25, -0.2) is 0 Å². The Balaban J connectivity index is 2.19. The van der Waals surface area contributed by atoms with Crippen molar-refractivity contribution >= 4 is 5.69 Å². The predicted octanol–water partition coefficient (Wildman–Crippen LogP) is 3.88. The molecular weight excluding hydrogens is 208 g/mol. The number of anilines is 1. The van der Waals surface area contributed by atoms with Gasteiger partial charge in [0.05, 0.1) is 6.07 Å². The Kier molecular flexibility index (Phi) is 3.38. The van der Waals surface area contributed by atoms with Crippen LogP contribution in [0.15, 0.2) is 24.3 Å². The Hall–Kier alpha value is -1.49. The lowest BCUT2D eigenvalue weighted by atomic mass is 9.74. The molecule has 90 valence electrons. The van der Waals surface area contributed by atoms with Gasteiger partial charge in [0.1, 0.15) is 5.54 Å². The summed E-state index contributed by atoms with van der Waals surface area (Å²) in [5.74, 6) is 0.419. The highest BCUT2D eigenvalue weighted by atomic mass is 15.0. The minimum Gasteiger partial charge on any atom is -0.367 e. The second kappa shape index (κ2) is 4.79. The number of rotatable bonds is 2. The van der Waals surface area contributed by atoms with Crippen molar-refractivity contribution in [1.82, 2.24) is 0 Å². The summed E-state index contributed by atoms with van der Waals surface area (Å²) in [7, 11) is 0. The molecule has 1 N–H and O–H groups in total. The van der Waals surface area contributed by atoms with E-state index < -0.39 is 0 Å². The summed E-state index contributed by atoms with van der Waals surface area (Å²) >= 11 is 0. The van der Waals surface area contributed by atoms with Crippen molar-refractivity contribution in [3.8, 4) is 6.07 Å². The van der Waals surface area contributed by atoms with Gasteiger partial charge in [0.15, 0.2) is 0 Å². The van der Waals surface area contributed by atoms with E-state index in [1.807, 2.05) is 0 Å². The van der Waals surface area contributed by atoms with Gasteiger partial charge in [-0.3, -0.25) is 0 Å². The maximum atomic E-state index is 9.52. The first-order valence-electron chi connectivity index (χ1n) is 6.42. The van der Waals surface area contributed by atoms with E-state index >= 15 is 0 Å². The van der Waals surface area contributed by atoms with Crippen molar-refractivity contribution in [2.24, 2.45) is 5.92 Å². The van der Waals surface area contributed by atoms with E-state index in [-0.39, 0.29) is 5.54 Å². The van der Waals surface area contributed by atoms with E-state index in [0.717, 1.165) is 24.9 Å². The maximum absolute atomic E-state index is 9.52. The van der Waals surface area contributed by atoms with Crippen LogP contribution in [0.4, 0.5) is 5.69 Å². The molecule has 17 heavy (non-hydrogen) atoms. The molecule has 2 heteroatoms. The summed E-state index contributed by atoms with van der Waals surface area (Å²) < 4.78 is 0. The molecule has 1 aromatic rings. The molecule has 1 fully saturated rings. The molecule has 2 nitrogen and oxygen atoms in total. The van der Waals surface area contributed by atoms with E-state index in [1.54, 1.807) is 0 Å². The lowest BCUT2D eigenvalue weighted by Gasteiger charge is -2.38. The van der Waals surface area contributed by atoms with Crippen LogP contribution < -0.4 is 5.32 Å². The van der Waals surface area contributed by atoms with Crippen LogP contribution in [-0.4, -0.2) is 5.54 Å². The second-order valence-electron chi connectivity index (χ2n) is 5.22. The quantitative estimate of drug-likeness (QED) is 0.833. The molecule has 0 spiro atoms. The summed E-state index contributed by atoms with van der Waals surface area (Å²) in [5, 5.41) is 13.0. The number of hydrogen-bond acceptors (Lipinski definition) is 2. The van der Waals surface area contributed by atoms with Crippen molar-refractivity contribution < 1.29 is 0 Å². The fourth-order valence-corrected chi connectivity index (χ4v) is 2.62. The minimum atomic E-state index is -0.368. The summed E-state index contributed by atoms with van der Waals surface area (Å²) in [6, 6.07) is 10.8. The molecule has 0 bridgehead atoms. The van der Waals surface area contributed by atoms with Crippen LogP contribution in [0, 0.1) is 24.2 Å². The molecule has 2 atom stereocenters. The van der Waals surface area contributed by atoms with Crippen molar-refractivity contribution in [2.75, 3.05) is 5.32 Å². The molecule has 0 radical (unpaired) electrons. The van der Waals surface area contributed by atoms with E-state index in [1.165, 1.54) is 12.0 Å². The fraction of sp³-hybridized carbons (Fsp3) is 0.533. The maximum Gasteiger partial charge on any atom is 0.127 e. The van der Waals surface area contributed by atoms with Gasteiger partial charge in [0.25, 0.3) is 0 Å². The number of nitriles is 1. The second-order valence-corrected chi connectivity index (χ2v) is 5.22. The van der Waals surface area contributed by atoms with Crippen LogP contribution in [0.25, 0.3) is 0 Å². The Morgan fingerprint density at radius 2 is 2.00 bits per heavy atom. The lowest BCUT2D eigenvalue weighted by Crippen LogP contribution is -2.45. The number of nitrogens with one attached hydrogen (secondary N) is 1. The van der Waals surface area contributed by atoms with Crippen LogP contribution >= 0.6 is 0 Å². The average molecular weight is 228 g/mol. The third-order valence-corrected chi connectivity index (χ3v) is 3.92. The minimum absolute atomic E-state index is 0.368. The SMILES string of the molecule is Cc1ccc(NC2(C#N)CCCCC2C)cc1. The smallest absolute Gasteiger partial charge is 0.127 e.